The lowest BCUT2D eigenvalue weighted by molar-refractivity contribution is -0.149. The van der Waals surface area contributed by atoms with E-state index < -0.39 is 18.1 Å². The smallest absolute Gasteiger partial charge is 0.407 e. The van der Waals surface area contributed by atoms with Crippen molar-refractivity contribution >= 4 is 57.5 Å². The molecule has 0 radical (unpaired) electrons. The Labute approximate surface area is 396 Å². The Morgan fingerprint density at radius 2 is 1.34 bits per heavy atom. The number of methoxy groups -OCH3 is 2. The van der Waals surface area contributed by atoms with Crippen LogP contribution < -0.4 is 5.32 Å². The largest absolute Gasteiger partial charge is 0.469 e. The van der Waals surface area contributed by atoms with E-state index >= 15 is 0 Å². The summed E-state index contributed by atoms with van der Waals surface area (Å²) < 4.78 is 21.1. The lowest BCUT2D eigenvalue weighted by atomic mass is 9.82. The molecule has 15 heteroatoms. The Morgan fingerprint density at radius 3 is 2.00 bits per heavy atom. The van der Waals surface area contributed by atoms with E-state index in [2.05, 4.69) is 78.7 Å². The van der Waals surface area contributed by atoms with E-state index in [1.165, 1.54) is 14.2 Å². The molecule has 6 atom stereocenters. The molecule has 67 heavy (non-hydrogen) atoms. The molecule has 5 aliphatic heterocycles. The zero-order valence-electron chi connectivity index (χ0n) is 38.8. The number of aromatic nitrogens is 2. The van der Waals surface area contributed by atoms with E-state index in [1.54, 1.807) is 0 Å². The van der Waals surface area contributed by atoms with E-state index in [1.807, 2.05) is 22.1 Å². The lowest BCUT2D eigenvalue weighted by Crippen LogP contribution is -2.53. The van der Waals surface area contributed by atoms with Gasteiger partial charge < -0.3 is 39.0 Å². The van der Waals surface area contributed by atoms with Crippen molar-refractivity contribution in [2.45, 2.75) is 83.3 Å². The Balaban J connectivity index is 0.864. The van der Waals surface area contributed by atoms with Crippen molar-refractivity contribution in [1.82, 2.24) is 25.1 Å². The maximum absolute atomic E-state index is 14.3. The summed E-state index contributed by atoms with van der Waals surface area (Å²) in [5, 5.41) is 5.34. The van der Waals surface area contributed by atoms with Crippen LogP contribution in [-0.2, 0) is 33.3 Å². The number of benzene rings is 3. The summed E-state index contributed by atoms with van der Waals surface area (Å²) in [5.41, 5.74) is 6.86. The molecule has 5 aliphatic rings. The van der Waals surface area contributed by atoms with Crippen molar-refractivity contribution in [3.8, 4) is 22.4 Å². The molecule has 0 bridgehead atoms. The average molecular weight is 934 g/mol. The van der Waals surface area contributed by atoms with Gasteiger partial charge in [-0.15, -0.1) is 0 Å². The number of nitrogens with one attached hydrogen (secondary N) is 2. The highest BCUT2D eigenvalue weighted by Crippen LogP contribution is 2.40. The summed E-state index contributed by atoms with van der Waals surface area (Å²) in [4.78, 5) is 70.4. The van der Waals surface area contributed by atoms with Crippen LogP contribution in [0.5, 0.6) is 0 Å². The molecule has 3 amide bonds. The number of alkyl carbamates (subject to hydrolysis) is 1. The number of hydrogen-bond acceptors (Lipinski definition) is 10. The van der Waals surface area contributed by atoms with E-state index in [4.69, 9.17) is 40.5 Å². The SMILES string of the molecule is COC(=O)C[C@H](C(=O)N1C[C@@H](C)C[C@H]1C1=NC=C(c2ccc(-c3ccc4cc(-c5nc([C@@H]6C[C@H](C)CN6C(=O)[C@@H](NC(=O)OC)C6CCOCC6)[nH]c5Cl)ccc4c3)cc2)C1)C1CCOCC1. The summed E-state index contributed by atoms with van der Waals surface area (Å²) in [6.07, 6.45) is 6.49. The van der Waals surface area contributed by atoms with E-state index in [9.17, 15) is 19.2 Å². The van der Waals surface area contributed by atoms with Gasteiger partial charge in [0.1, 0.15) is 22.7 Å². The fraction of sp³-hybridized carbons (Fsp3) is 0.500. The van der Waals surface area contributed by atoms with Gasteiger partial charge in [-0.05, 0) is 107 Å². The van der Waals surface area contributed by atoms with Crippen LogP contribution in [0, 0.1) is 29.6 Å². The van der Waals surface area contributed by atoms with Gasteiger partial charge in [0, 0.05) is 63.4 Å². The van der Waals surface area contributed by atoms with Crippen molar-refractivity contribution in [2.24, 2.45) is 34.6 Å². The first kappa shape index (κ1) is 46.5. The minimum absolute atomic E-state index is 0.0286. The summed E-state index contributed by atoms with van der Waals surface area (Å²) >= 11 is 6.88. The van der Waals surface area contributed by atoms with Gasteiger partial charge in [0.2, 0.25) is 11.8 Å². The molecular formula is C52H61ClN6O8. The van der Waals surface area contributed by atoms with Crippen molar-refractivity contribution in [1.29, 1.82) is 0 Å². The number of carbonyl (C=O) groups excluding carboxylic acids is 4. The molecule has 6 heterocycles. The second kappa shape index (κ2) is 20.3. The van der Waals surface area contributed by atoms with Crippen LogP contribution in [0.4, 0.5) is 4.79 Å². The van der Waals surface area contributed by atoms with Crippen molar-refractivity contribution in [3.63, 3.8) is 0 Å². The quantitative estimate of drug-likeness (QED) is 0.132. The molecule has 0 spiro atoms. The molecule has 354 valence electrons. The van der Waals surface area contributed by atoms with Gasteiger partial charge in [0.05, 0.1) is 38.6 Å². The number of esters is 1. The third-order valence-corrected chi connectivity index (χ3v) is 14.9. The van der Waals surface area contributed by atoms with E-state index in [0.29, 0.717) is 87.8 Å². The number of amides is 3. The first-order valence-electron chi connectivity index (χ1n) is 23.8. The number of allylic oxidation sites excluding steroid dienone is 1. The second-order valence-corrected chi connectivity index (χ2v) is 19.6. The predicted molar refractivity (Wildman–Crippen MR) is 256 cm³/mol. The minimum Gasteiger partial charge on any atom is -0.469 e. The molecule has 4 aromatic rings. The molecule has 0 unspecified atom stereocenters. The number of rotatable bonds is 12. The number of halogens is 1. The van der Waals surface area contributed by atoms with Crippen LogP contribution >= 0.6 is 11.6 Å². The first-order valence-corrected chi connectivity index (χ1v) is 24.2. The summed E-state index contributed by atoms with van der Waals surface area (Å²) in [6.45, 7) is 7.77. The normalized spacial score (nSPS) is 23.5. The number of aromatic amines is 1. The Morgan fingerprint density at radius 1 is 0.761 bits per heavy atom. The molecule has 3 aromatic carbocycles. The molecule has 14 nitrogen and oxygen atoms in total. The van der Waals surface area contributed by atoms with Gasteiger partial charge in [-0.2, -0.15) is 0 Å². The van der Waals surface area contributed by atoms with Gasteiger partial charge in [-0.3, -0.25) is 19.4 Å². The molecule has 9 rings (SSSR count). The van der Waals surface area contributed by atoms with Crippen LogP contribution in [-0.4, -0.2) is 115 Å². The average Bonchev–Trinajstić information content (AvgIpc) is 4.18. The van der Waals surface area contributed by atoms with Gasteiger partial charge in [-0.25, -0.2) is 9.78 Å². The molecule has 0 aliphatic carbocycles. The fourth-order valence-corrected chi connectivity index (χ4v) is 11.2. The highest BCUT2D eigenvalue weighted by molar-refractivity contribution is 6.32. The highest BCUT2D eigenvalue weighted by Gasteiger charge is 2.44. The summed E-state index contributed by atoms with van der Waals surface area (Å²) in [5.74, 6) is 0.292. The highest BCUT2D eigenvalue weighted by atomic mass is 35.5. The number of ether oxygens (including phenoxy) is 4. The summed E-state index contributed by atoms with van der Waals surface area (Å²) in [6, 6.07) is 20.0. The maximum Gasteiger partial charge on any atom is 0.407 e. The van der Waals surface area contributed by atoms with E-state index in [0.717, 1.165) is 63.6 Å². The Kier molecular flexibility index (Phi) is 14.1. The maximum atomic E-state index is 14.3. The minimum atomic E-state index is -0.731. The zero-order valence-corrected chi connectivity index (χ0v) is 39.6. The Bertz CT molecular complexity index is 2550. The van der Waals surface area contributed by atoms with Crippen molar-refractivity contribution in [2.75, 3.05) is 53.7 Å². The Hall–Kier alpha value is -5.57. The monoisotopic (exact) mass is 932 g/mol. The molecule has 4 fully saturated rings. The molecule has 2 N–H and O–H groups in total. The number of nitrogens with zero attached hydrogens (tertiary/aromatic N) is 4. The number of H-pyrrole nitrogens is 1. The molecule has 0 saturated carbocycles. The van der Waals surface area contributed by atoms with Gasteiger partial charge >= 0.3 is 12.1 Å². The molecule has 1 aromatic heterocycles. The summed E-state index contributed by atoms with van der Waals surface area (Å²) in [7, 11) is 2.69. The van der Waals surface area contributed by atoms with Gasteiger partial charge in [0.15, 0.2) is 0 Å². The van der Waals surface area contributed by atoms with Crippen LogP contribution in [0.25, 0.3) is 38.7 Å². The van der Waals surface area contributed by atoms with Crippen LogP contribution in [0.15, 0.2) is 71.9 Å². The zero-order chi connectivity index (χ0) is 46.8. The molecular weight excluding hydrogens is 872 g/mol. The van der Waals surface area contributed by atoms with Gasteiger partial charge in [0.25, 0.3) is 0 Å². The van der Waals surface area contributed by atoms with Crippen molar-refractivity contribution < 1.29 is 38.1 Å². The topological polar surface area (TPSA) is 165 Å². The van der Waals surface area contributed by atoms with Crippen LogP contribution in [0.2, 0.25) is 5.15 Å². The number of hydrogen-bond donors (Lipinski definition) is 2. The van der Waals surface area contributed by atoms with Crippen LogP contribution in [0.3, 0.4) is 0 Å². The second-order valence-electron chi connectivity index (χ2n) is 19.2. The number of carbonyl (C=O) groups is 4. The van der Waals surface area contributed by atoms with E-state index in [-0.39, 0.29) is 54.0 Å². The standard InChI is InChI=1S/C52H61ClN6O8/c1-30-21-43(58(28-30)50(61)41(26-45(60)64-3)34-13-17-66-18-14-34)42-25-40(27-54-42)33-7-5-32(6-8-33)36-9-10-38-24-39(12-11-37(38)23-36)46-48(53)57-49(55-46)44-22-31(2)29-59(44)51(62)47(56-52(63)65-4)35-15-19-67-20-16-35/h5-12,23-24,27,30-31,34-35,41,43-44,47H,13-22,25-26,28-29H2,1-4H3,(H,55,57)(H,56,63)/t30-,31-,41-,43-,44-,47-/m0/s1. The van der Waals surface area contributed by atoms with Gasteiger partial charge in [-0.1, -0.05) is 74.0 Å². The van der Waals surface area contributed by atoms with Crippen LogP contribution in [0.1, 0.15) is 82.6 Å². The number of likely N-dealkylation sites (tertiary alicyclic amines) is 2. The third kappa shape index (κ3) is 10.0. The van der Waals surface area contributed by atoms with Crippen molar-refractivity contribution in [3.05, 3.63) is 83.4 Å². The lowest BCUT2D eigenvalue weighted by Gasteiger charge is -2.34. The molecule has 4 saturated heterocycles. The fourth-order valence-electron chi connectivity index (χ4n) is 11.0. The predicted octanol–water partition coefficient (Wildman–Crippen LogP) is 8.64. The number of fused-ring (bicyclic) bond motifs is 1. The number of aliphatic imine (C=N–C) groups is 1. The third-order valence-electron chi connectivity index (χ3n) is 14.7. The first-order chi connectivity index (χ1) is 32.5. The number of imidazole rings is 1.